The number of nitrogens with one attached hydrogen (secondary N) is 1. The molecule has 24 heavy (non-hydrogen) atoms. The molecule has 0 saturated carbocycles. The van der Waals surface area contributed by atoms with Crippen LogP contribution in [0, 0.1) is 11.8 Å². The van der Waals surface area contributed by atoms with Gasteiger partial charge in [0, 0.05) is 37.2 Å². The molecule has 1 aromatic rings. The molecule has 1 amide bonds. The van der Waals surface area contributed by atoms with Gasteiger partial charge in [-0.05, 0) is 18.4 Å². The van der Waals surface area contributed by atoms with Crippen LogP contribution in [0.25, 0.3) is 6.08 Å². The quantitative estimate of drug-likeness (QED) is 0.871. The maximum Gasteiger partial charge on any atom is 0.225 e. The number of methoxy groups -OCH3 is 1. The van der Waals surface area contributed by atoms with E-state index in [1.807, 2.05) is 43.0 Å². The zero-order chi connectivity index (χ0) is 17.5. The van der Waals surface area contributed by atoms with Gasteiger partial charge < -0.3 is 15.0 Å². The number of hydrogen-bond donors (Lipinski definition) is 1. The second-order valence-corrected chi connectivity index (χ2v) is 6.86. The Morgan fingerprint density at radius 2 is 2.17 bits per heavy atom. The molecule has 1 aliphatic heterocycles. The van der Waals surface area contributed by atoms with Crippen LogP contribution in [0.4, 0.5) is 0 Å². The van der Waals surface area contributed by atoms with Gasteiger partial charge in [-0.25, -0.2) is 0 Å². The third kappa shape index (κ3) is 4.84. The first-order valence-electron chi connectivity index (χ1n) is 8.84. The molecule has 4 heteroatoms. The molecule has 2 atom stereocenters. The number of likely N-dealkylation sites (tertiary alicyclic amines) is 1. The highest BCUT2D eigenvalue weighted by atomic mass is 16.5. The summed E-state index contributed by atoms with van der Waals surface area (Å²) in [6.45, 7) is 8.70. The normalized spacial score (nSPS) is 21.5. The molecule has 0 aromatic heterocycles. The molecule has 2 rings (SSSR count). The zero-order valence-corrected chi connectivity index (χ0v) is 15.3. The van der Waals surface area contributed by atoms with Crippen molar-refractivity contribution < 1.29 is 9.53 Å². The van der Waals surface area contributed by atoms with E-state index in [1.165, 1.54) is 0 Å². The Kier molecular flexibility index (Phi) is 6.85. The van der Waals surface area contributed by atoms with Crippen molar-refractivity contribution in [3.8, 4) is 5.75 Å². The molecular weight excluding hydrogens is 300 g/mol. The number of hydrogen-bond acceptors (Lipinski definition) is 3. The van der Waals surface area contributed by atoms with Crippen molar-refractivity contribution in [2.24, 2.45) is 11.8 Å². The van der Waals surface area contributed by atoms with Crippen molar-refractivity contribution in [1.29, 1.82) is 0 Å². The predicted molar refractivity (Wildman–Crippen MR) is 99.0 cm³/mol. The van der Waals surface area contributed by atoms with E-state index in [9.17, 15) is 4.79 Å². The number of benzene rings is 1. The molecule has 1 aromatic carbocycles. The number of carbonyl (C=O) groups is 1. The maximum atomic E-state index is 12.1. The summed E-state index contributed by atoms with van der Waals surface area (Å²) in [6, 6.07) is 8.47. The Hall–Kier alpha value is -1.81. The van der Waals surface area contributed by atoms with E-state index in [2.05, 4.69) is 24.4 Å². The SMILES string of the molecule is COc1ccccc1/C=C/CN[C@@H]1CCN(C(=O)C(C)C)C[C@@H]1C. The van der Waals surface area contributed by atoms with Gasteiger partial charge in [0.1, 0.15) is 5.75 Å². The van der Waals surface area contributed by atoms with Crippen molar-refractivity contribution in [3.63, 3.8) is 0 Å². The van der Waals surface area contributed by atoms with Gasteiger partial charge in [-0.15, -0.1) is 0 Å². The fraction of sp³-hybridized carbons (Fsp3) is 0.550. The van der Waals surface area contributed by atoms with Crippen molar-refractivity contribution in [1.82, 2.24) is 10.2 Å². The molecule has 1 saturated heterocycles. The molecule has 0 radical (unpaired) electrons. The highest BCUT2D eigenvalue weighted by Crippen LogP contribution is 2.20. The lowest BCUT2D eigenvalue weighted by atomic mass is 9.93. The summed E-state index contributed by atoms with van der Waals surface area (Å²) < 4.78 is 5.35. The molecule has 0 bridgehead atoms. The number of rotatable bonds is 6. The van der Waals surface area contributed by atoms with Gasteiger partial charge in [-0.2, -0.15) is 0 Å². The number of piperidine rings is 1. The molecule has 1 fully saturated rings. The smallest absolute Gasteiger partial charge is 0.225 e. The van der Waals surface area contributed by atoms with Crippen LogP contribution in [0.15, 0.2) is 30.3 Å². The molecule has 0 aliphatic carbocycles. The van der Waals surface area contributed by atoms with E-state index in [-0.39, 0.29) is 11.8 Å². The lowest BCUT2D eigenvalue weighted by molar-refractivity contribution is -0.136. The summed E-state index contributed by atoms with van der Waals surface area (Å²) >= 11 is 0. The molecule has 1 heterocycles. The summed E-state index contributed by atoms with van der Waals surface area (Å²) in [5.41, 5.74) is 1.09. The van der Waals surface area contributed by atoms with Crippen molar-refractivity contribution in [2.75, 3.05) is 26.7 Å². The Morgan fingerprint density at radius 3 is 2.83 bits per heavy atom. The first-order valence-corrected chi connectivity index (χ1v) is 8.84. The molecule has 132 valence electrons. The monoisotopic (exact) mass is 330 g/mol. The Bertz CT molecular complexity index is 569. The van der Waals surface area contributed by atoms with Crippen LogP contribution < -0.4 is 10.1 Å². The molecule has 4 nitrogen and oxygen atoms in total. The largest absolute Gasteiger partial charge is 0.496 e. The number of carbonyl (C=O) groups excluding carboxylic acids is 1. The summed E-state index contributed by atoms with van der Waals surface area (Å²) in [5, 5.41) is 3.60. The first kappa shape index (κ1) is 18.5. The molecule has 1 N–H and O–H groups in total. The van der Waals surface area contributed by atoms with E-state index < -0.39 is 0 Å². The van der Waals surface area contributed by atoms with E-state index in [0.717, 1.165) is 37.4 Å². The Balaban J connectivity index is 1.81. The minimum absolute atomic E-state index is 0.0884. The minimum Gasteiger partial charge on any atom is -0.496 e. The van der Waals surface area contributed by atoms with Crippen molar-refractivity contribution in [3.05, 3.63) is 35.9 Å². The molecular formula is C20H30N2O2. The first-order chi connectivity index (χ1) is 11.5. The van der Waals surface area contributed by atoms with Gasteiger partial charge in [-0.3, -0.25) is 4.79 Å². The van der Waals surface area contributed by atoms with Crippen molar-refractivity contribution >= 4 is 12.0 Å². The lowest BCUT2D eigenvalue weighted by Crippen LogP contribution is -2.51. The third-order valence-electron chi connectivity index (χ3n) is 4.65. The number of para-hydroxylation sites is 1. The third-order valence-corrected chi connectivity index (χ3v) is 4.65. The topological polar surface area (TPSA) is 41.6 Å². The molecule has 0 spiro atoms. The Morgan fingerprint density at radius 1 is 1.42 bits per heavy atom. The van der Waals surface area contributed by atoms with E-state index >= 15 is 0 Å². The van der Waals surface area contributed by atoms with Crippen LogP contribution >= 0.6 is 0 Å². The fourth-order valence-corrected chi connectivity index (χ4v) is 3.22. The lowest BCUT2D eigenvalue weighted by Gasteiger charge is -2.38. The van der Waals surface area contributed by atoms with Crippen LogP contribution in [0.2, 0.25) is 0 Å². The fourth-order valence-electron chi connectivity index (χ4n) is 3.22. The van der Waals surface area contributed by atoms with Crippen LogP contribution in [0.5, 0.6) is 5.75 Å². The van der Waals surface area contributed by atoms with Crippen LogP contribution in [-0.4, -0.2) is 43.6 Å². The van der Waals surface area contributed by atoms with Gasteiger partial charge in [0.15, 0.2) is 0 Å². The standard InChI is InChI=1S/C20H30N2O2/c1-15(2)20(23)22-13-11-18(16(3)14-22)21-12-7-9-17-8-5-6-10-19(17)24-4/h5-10,15-16,18,21H,11-14H2,1-4H3/b9-7+/t16-,18+/m0/s1. The highest BCUT2D eigenvalue weighted by molar-refractivity contribution is 5.78. The number of ether oxygens (including phenoxy) is 1. The summed E-state index contributed by atoms with van der Waals surface area (Å²) in [6.07, 6.45) is 5.24. The number of amides is 1. The predicted octanol–water partition coefficient (Wildman–Crippen LogP) is 3.19. The summed E-state index contributed by atoms with van der Waals surface area (Å²) in [4.78, 5) is 14.1. The Labute approximate surface area is 145 Å². The van der Waals surface area contributed by atoms with E-state index in [4.69, 9.17) is 4.74 Å². The highest BCUT2D eigenvalue weighted by Gasteiger charge is 2.28. The molecule has 1 aliphatic rings. The maximum absolute atomic E-state index is 12.1. The second kappa shape index (κ2) is 8.88. The van der Waals surface area contributed by atoms with E-state index in [0.29, 0.717) is 12.0 Å². The van der Waals surface area contributed by atoms with Gasteiger partial charge in [0.05, 0.1) is 7.11 Å². The average Bonchev–Trinajstić information content (AvgIpc) is 2.59. The van der Waals surface area contributed by atoms with Crippen LogP contribution in [-0.2, 0) is 4.79 Å². The minimum atomic E-state index is 0.0884. The van der Waals surface area contributed by atoms with Crippen LogP contribution in [0.3, 0.4) is 0 Å². The van der Waals surface area contributed by atoms with Gasteiger partial charge in [0.2, 0.25) is 5.91 Å². The van der Waals surface area contributed by atoms with E-state index in [1.54, 1.807) is 7.11 Å². The summed E-state index contributed by atoms with van der Waals surface area (Å²) in [5.74, 6) is 1.73. The van der Waals surface area contributed by atoms with Crippen LogP contribution in [0.1, 0.15) is 32.8 Å². The average molecular weight is 330 g/mol. The van der Waals surface area contributed by atoms with Crippen molar-refractivity contribution in [2.45, 2.75) is 33.2 Å². The molecule has 0 unspecified atom stereocenters. The van der Waals surface area contributed by atoms with Gasteiger partial charge in [0.25, 0.3) is 0 Å². The summed E-state index contributed by atoms with van der Waals surface area (Å²) in [7, 11) is 1.69. The zero-order valence-electron chi connectivity index (χ0n) is 15.3. The second-order valence-electron chi connectivity index (χ2n) is 6.86. The van der Waals surface area contributed by atoms with Gasteiger partial charge >= 0.3 is 0 Å². The number of nitrogens with zero attached hydrogens (tertiary/aromatic N) is 1. The van der Waals surface area contributed by atoms with Gasteiger partial charge in [-0.1, -0.05) is 51.1 Å².